The van der Waals surface area contributed by atoms with Gasteiger partial charge in [-0.25, -0.2) is 4.79 Å². The van der Waals surface area contributed by atoms with E-state index in [1.54, 1.807) is 13.0 Å². The Morgan fingerprint density at radius 2 is 1.86 bits per heavy atom. The summed E-state index contributed by atoms with van der Waals surface area (Å²) in [6, 6.07) is 3.19. The summed E-state index contributed by atoms with van der Waals surface area (Å²) in [4.78, 5) is 26.3. The van der Waals surface area contributed by atoms with E-state index in [4.69, 9.17) is 9.47 Å². The molecule has 0 saturated carbocycles. The zero-order valence-electron chi connectivity index (χ0n) is 17.6. The third kappa shape index (κ3) is 3.61. The average molecular weight is 388 g/mol. The molecule has 152 valence electrons. The molecule has 1 aromatic carbocycles. The molecule has 0 aromatic heterocycles. The second-order valence-corrected chi connectivity index (χ2v) is 6.81. The Bertz CT molecular complexity index is 870. The quantitative estimate of drug-likeness (QED) is 0.406. The molecule has 7 nitrogen and oxygen atoms in total. The van der Waals surface area contributed by atoms with Gasteiger partial charge in [0.05, 0.1) is 30.3 Å². The molecule has 0 radical (unpaired) electrons. The Morgan fingerprint density at radius 1 is 1.21 bits per heavy atom. The molecule has 1 aliphatic heterocycles. The van der Waals surface area contributed by atoms with E-state index in [0.29, 0.717) is 23.3 Å². The molecule has 1 unspecified atom stereocenters. The molecule has 0 spiro atoms. The largest absolute Gasteiger partial charge is 0.496 e. The second kappa shape index (κ2) is 8.46. The zero-order valence-corrected chi connectivity index (χ0v) is 17.6. The first-order valence-corrected chi connectivity index (χ1v) is 9.33. The highest BCUT2D eigenvalue weighted by Gasteiger charge is 2.38. The summed E-state index contributed by atoms with van der Waals surface area (Å²) in [6.45, 7) is 9.63. The molecule has 0 amide bonds. The summed E-state index contributed by atoms with van der Waals surface area (Å²) in [5.74, 6) is -0.538. The van der Waals surface area contributed by atoms with Crippen LogP contribution in [0.2, 0.25) is 0 Å². The average Bonchev–Trinajstić information content (AvgIpc) is 2.65. The van der Waals surface area contributed by atoms with Crippen LogP contribution in [0.5, 0.6) is 5.75 Å². The third-order valence-electron chi connectivity index (χ3n) is 5.43. The van der Waals surface area contributed by atoms with E-state index in [-0.39, 0.29) is 12.3 Å². The van der Waals surface area contributed by atoms with Crippen LogP contribution in [0.15, 0.2) is 34.7 Å². The minimum Gasteiger partial charge on any atom is -0.496 e. The number of hydrogen-bond donors (Lipinski definition) is 0. The van der Waals surface area contributed by atoms with Crippen molar-refractivity contribution < 1.29 is 19.2 Å². The maximum absolute atomic E-state index is 12.9. The van der Waals surface area contributed by atoms with E-state index in [1.807, 2.05) is 39.6 Å². The SMILES string of the molecule is CCOC(=O)C1=C(C)N(C)C(C)=C(CC)C1c1cc(C)c(OC)cc1[N+](=O)[O-]. The fraction of sp³-hybridized carbons (Fsp3) is 0.476. The van der Waals surface area contributed by atoms with Gasteiger partial charge in [0.1, 0.15) is 5.75 Å². The normalized spacial score (nSPS) is 17.1. The standard InChI is InChI=1S/C21H28N2O5/c1-8-15-13(4)22(6)14(5)19(21(24)28-9-2)20(15)16-10-12(3)18(27-7)11-17(16)23(25)26/h10-11,20H,8-9H2,1-7H3. The zero-order chi connectivity index (χ0) is 21.2. The van der Waals surface area contributed by atoms with Crippen molar-refractivity contribution in [3.8, 4) is 5.75 Å². The molecule has 0 N–H and O–H groups in total. The molecular formula is C21H28N2O5. The van der Waals surface area contributed by atoms with E-state index in [2.05, 4.69) is 0 Å². The van der Waals surface area contributed by atoms with Crippen LogP contribution < -0.4 is 4.74 Å². The highest BCUT2D eigenvalue weighted by Crippen LogP contribution is 2.46. The lowest BCUT2D eigenvalue weighted by Crippen LogP contribution is -2.30. The first-order chi connectivity index (χ1) is 13.2. The number of ether oxygens (including phenoxy) is 2. The molecule has 0 fully saturated rings. The Morgan fingerprint density at radius 3 is 2.36 bits per heavy atom. The lowest BCUT2D eigenvalue weighted by Gasteiger charge is -2.36. The van der Waals surface area contributed by atoms with Gasteiger partial charge in [0.25, 0.3) is 5.69 Å². The molecule has 7 heteroatoms. The Labute approximate surface area is 165 Å². The summed E-state index contributed by atoms with van der Waals surface area (Å²) >= 11 is 0. The minimum absolute atomic E-state index is 0.0645. The summed E-state index contributed by atoms with van der Waals surface area (Å²) in [5, 5.41) is 11.9. The number of nitrogens with zero attached hydrogens (tertiary/aromatic N) is 2. The third-order valence-corrected chi connectivity index (χ3v) is 5.43. The van der Waals surface area contributed by atoms with Crippen LogP contribution in [0.25, 0.3) is 0 Å². The number of nitro groups is 1. The summed E-state index contributed by atoms with van der Waals surface area (Å²) in [5.41, 5.74) is 4.32. The van der Waals surface area contributed by atoms with Crippen molar-refractivity contribution >= 4 is 11.7 Å². The van der Waals surface area contributed by atoms with Gasteiger partial charge in [0.15, 0.2) is 0 Å². The van der Waals surface area contributed by atoms with Crippen molar-refractivity contribution in [2.45, 2.75) is 47.0 Å². The van der Waals surface area contributed by atoms with Crippen LogP contribution in [-0.4, -0.2) is 36.6 Å². The Hall–Kier alpha value is -2.83. The fourth-order valence-corrected chi connectivity index (χ4v) is 3.83. The number of rotatable bonds is 6. The number of carbonyl (C=O) groups is 1. The van der Waals surface area contributed by atoms with E-state index in [0.717, 1.165) is 22.5 Å². The number of esters is 1. The first kappa shape index (κ1) is 21.5. The topological polar surface area (TPSA) is 81.9 Å². The van der Waals surface area contributed by atoms with Crippen LogP contribution in [0.3, 0.4) is 0 Å². The molecule has 0 aliphatic carbocycles. The molecule has 0 bridgehead atoms. The van der Waals surface area contributed by atoms with Gasteiger partial charge in [-0.3, -0.25) is 10.1 Å². The van der Waals surface area contributed by atoms with Crippen LogP contribution >= 0.6 is 0 Å². The molecule has 28 heavy (non-hydrogen) atoms. The summed E-state index contributed by atoms with van der Waals surface area (Å²) in [7, 11) is 3.38. The van der Waals surface area contributed by atoms with E-state index >= 15 is 0 Å². The first-order valence-electron chi connectivity index (χ1n) is 9.33. The number of carbonyl (C=O) groups excluding carboxylic acids is 1. The fourth-order valence-electron chi connectivity index (χ4n) is 3.83. The van der Waals surface area contributed by atoms with Crippen molar-refractivity contribution in [3.05, 3.63) is 55.9 Å². The smallest absolute Gasteiger partial charge is 0.336 e. The number of nitro benzene ring substituents is 1. The van der Waals surface area contributed by atoms with Crippen molar-refractivity contribution in [1.82, 2.24) is 4.90 Å². The van der Waals surface area contributed by atoms with E-state index in [1.165, 1.54) is 13.2 Å². The lowest BCUT2D eigenvalue weighted by molar-refractivity contribution is -0.385. The molecule has 1 aromatic rings. The maximum atomic E-state index is 12.9. The Balaban J connectivity index is 2.86. The van der Waals surface area contributed by atoms with E-state index < -0.39 is 16.8 Å². The summed E-state index contributed by atoms with van der Waals surface area (Å²) < 4.78 is 10.6. The molecule has 1 aliphatic rings. The van der Waals surface area contributed by atoms with Crippen molar-refractivity contribution in [2.24, 2.45) is 0 Å². The molecule has 1 heterocycles. The monoisotopic (exact) mass is 388 g/mol. The van der Waals surface area contributed by atoms with Crippen LogP contribution in [0.4, 0.5) is 5.69 Å². The number of allylic oxidation sites excluding steroid dienone is 3. The number of methoxy groups -OCH3 is 1. The van der Waals surface area contributed by atoms with Gasteiger partial charge < -0.3 is 14.4 Å². The molecule has 1 atom stereocenters. The Kier molecular flexibility index (Phi) is 6.48. The molecular weight excluding hydrogens is 360 g/mol. The lowest BCUT2D eigenvalue weighted by atomic mass is 9.78. The van der Waals surface area contributed by atoms with Crippen LogP contribution in [0.1, 0.15) is 51.2 Å². The van der Waals surface area contributed by atoms with Crippen molar-refractivity contribution in [3.63, 3.8) is 0 Å². The van der Waals surface area contributed by atoms with Crippen molar-refractivity contribution in [2.75, 3.05) is 20.8 Å². The highest BCUT2D eigenvalue weighted by atomic mass is 16.6. The molecule has 0 saturated heterocycles. The van der Waals surface area contributed by atoms with Crippen molar-refractivity contribution in [1.29, 1.82) is 0 Å². The van der Waals surface area contributed by atoms with Gasteiger partial charge in [-0.2, -0.15) is 0 Å². The second-order valence-electron chi connectivity index (χ2n) is 6.81. The maximum Gasteiger partial charge on any atom is 0.336 e. The van der Waals surface area contributed by atoms with E-state index in [9.17, 15) is 14.9 Å². The van der Waals surface area contributed by atoms with Crippen LogP contribution in [-0.2, 0) is 9.53 Å². The molecule has 2 rings (SSSR count). The van der Waals surface area contributed by atoms with Gasteiger partial charge >= 0.3 is 5.97 Å². The summed E-state index contributed by atoms with van der Waals surface area (Å²) in [6.07, 6.45) is 0.652. The van der Waals surface area contributed by atoms with Gasteiger partial charge in [-0.05, 0) is 51.3 Å². The minimum atomic E-state index is -0.537. The predicted molar refractivity (Wildman–Crippen MR) is 107 cm³/mol. The number of hydrogen-bond acceptors (Lipinski definition) is 6. The van der Waals surface area contributed by atoms with Gasteiger partial charge in [0, 0.05) is 29.9 Å². The van der Waals surface area contributed by atoms with Gasteiger partial charge in [-0.15, -0.1) is 0 Å². The number of benzene rings is 1. The predicted octanol–water partition coefficient (Wildman–Crippen LogP) is 4.46. The van der Waals surface area contributed by atoms with Crippen LogP contribution in [0, 0.1) is 17.0 Å². The van der Waals surface area contributed by atoms with Gasteiger partial charge in [-0.1, -0.05) is 6.92 Å². The van der Waals surface area contributed by atoms with Gasteiger partial charge in [0.2, 0.25) is 0 Å². The number of aryl methyl sites for hydroxylation is 1. The highest BCUT2D eigenvalue weighted by molar-refractivity contribution is 5.93.